The van der Waals surface area contributed by atoms with E-state index in [0.29, 0.717) is 23.1 Å². The van der Waals surface area contributed by atoms with E-state index in [1.807, 2.05) is 20.0 Å². The molecule has 1 N–H and O–H groups in total. The molecule has 1 amide bonds. The van der Waals surface area contributed by atoms with Crippen LogP contribution in [0.4, 0.5) is 5.13 Å². The zero-order valence-corrected chi connectivity index (χ0v) is 17.4. The maximum atomic E-state index is 12.7. The van der Waals surface area contributed by atoms with Crippen molar-refractivity contribution in [1.29, 1.82) is 0 Å². The third kappa shape index (κ3) is 3.79. The highest BCUT2D eigenvalue weighted by Crippen LogP contribution is 2.23. The van der Waals surface area contributed by atoms with E-state index < -0.39 is 5.91 Å². The van der Waals surface area contributed by atoms with Crippen molar-refractivity contribution in [3.63, 3.8) is 0 Å². The fourth-order valence-corrected chi connectivity index (χ4v) is 3.63. The van der Waals surface area contributed by atoms with Crippen molar-refractivity contribution in [3.8, 4) is 11.3 Å². The van der Waals surface area contributed by atoms with Crippen molar-refractivity contribution in [2.24, 2.45) is 7.05 Å². The fraction of sp³-hybridized carbons (Fsp3) is 0.263. The monoisotopic (exact) mass is 425 g/mol. The van der Waals surface area contributed by atoms with Gasteiger partial charge >= 0.3 is 5.97 Å². The minimum Gasteiger partial charge on any atom is -0.466 e. The van der Waals surface area contributed by atoms with Crippen molar-refractivity contribution in [3.05, 3.63) is 47.0 Å². The van der Waals surface area contributed by atoms with E-state index >= 15 is 0 Å². The molecule has 0 saturated heterocycles. The molecule has 30 heavy (non-hydrogen) atoms. The summed E-state index contributed by atoms with van der Waals surface area (Å²) in [6.45, 7) is 4.02. The Hall–Kier alpha value is -3.60. The van der Waals surface area contributed by atoms with Gasteiger partial charge in [-0.05, 0) is 19.9 Å². The number of ether oxygens (including phenoxy) is 1. The topological polar surface area (TPSA) is 116 Å². The van der Waals surface area contributed by atoms with Gasteiger partial charge in [-0.3, -0.25) is 19.6 Å². The van der Waals surface area contributed by atoms with Crippen LogP contribution in [0.3, 0.4) is 0 Å². The summed E-state index contributed by atoms with van der Waals surface area (Å²) >= 11 is 1.23. The van der Waals surface area contributed by atoms with Crippen molar-refractivity contribution in [2.75, 3.05) is 11.9 Å². The molecule has 0 bridgehead atoms. The molecule has 0 aliphatic carbocycles. The third-order valence-electron chi connectivity index (χ3n) is 4.50. The number of nitrogens with zero attached hydrogens (tertiary/aromatic N) is 6. The summed E-state index contributed by atoms with van der Waals surface area (Å²) < 4.78 is 8.30. The number of anilines is 1. The van der Waals surface area contributed by atoms with Gasteiger partial charge in [-0.25, -0.2) is 14.5 Å². The first-order chi connectivity index (χ1) is 14.5. The molecule has 0 aliphatic rings. The summed E-state index contributed by atoms with van der Waals surface area (Å²) in [5, 5.41) is 13.5. The van der Waals surface area contributed by atoms with E-state index in [0.717, 1.165) is 17.0 Å². The van der Waals surface area contributed by atoms with Gasteiger partial charge in [0, 0.05) is 35.9 Å². The first-order valence-electron chi connectivity index (χ1n) is 9.21. The average molecular weight is 425 g/mol. The lowest BCUT2D eigenvalue weighted by Crippen LogP contribution is -2.13. The van der Waals surface area contributed by atoms with Crippen LogP contribution in [-0.2, 0) is 23.0 Å². The number of aryl methyl sites for hydroxylation is 1. The molecule has 0 aliphatic heterocycles. The minimum atomic E-state index is -0.411. The number of rotatable bonds is 6. The second kappa shape index (κ2) is 8.03. The number of esters is 1. The van der Waals surface area contributed by atoms with E-state index in [2.05, 4.69) is 25.5 Å². The van der Waals surface area contributed by atoms with Gasteiger partial charge in [-0.15, -0.1) is 11.3 Å². The Morgan fingerprint density at radius 3 is 2.90 bits per heavy atom. The average Bonchev–Trinajstić information content (AvgIpc) is 3.42. The molecule has 0 aromatic carbocycles. The Balaban J connectivity index is 1.56. The van der Waals surface area contributed by atoms with Crippen LogP contribution < -0.4 is 5.32 Å². The van der Waals surface area contributed by atoms with Crippen molar-refractivity contribution >= 4 is 34.0 Å². The van der Waals surface area contributed by atoms with Crippen LogP contribution in [0.25, 0.3) is 16.9 Å². The van der Waals surface area contributed by atoms with Gasteiger partial charge < -0.3 is 4.74 Å². The second-order valence-electron chi connectivity index (χ2n) is 6.48. The lowest BCUT2D eigenvalue weighted by molar-refractivity contribution is -0.142. The highest BCUT2D eigenvalue weighted by Gasteiger charge is 2.18. The molecule has 0 atom stereocenters. The van der Waals surface area contributed by atoms with Crippen LogP contribution in [0.1, 0.15) is 28.8 Å². The Bertz CT molecular complexity index is 1240. The number of nitrogens with one attached hydrogen (secondary N) is 1. The number of amides is 1. The summed E-state index contributed by atoms with van der Waals surface area (Å²) in [6, 6.07) is 3.44. The molecule has 0 saturated carbocycles. The summed E-state index contributed by atoms with van der Waals surface area (Å²) in [5.41, 5.74) is 3.96. The van der Waals surface area contributed by atoms with E-state index in [9.17, 15) is 9.59 Å². The molecule has 0 unspecified atom stereocenters. The zero-order chi connectivity index (χ0) is 21.3. The summed E-state index contributed by atoms with van der Waals surface area (Å²) in [6.07, 6.45) is 3.49. The minimum absolute atomic E-state index is 0.0618. The quantitative estimate of drug-likeness (QED) is 0.471. The number of carbonyl (C=O) groups is 2. The lowest BCUT2D eigenvalue weighted by atomic mass is 10.2. The molecule has 4 aromatic rings. The SMILES string of the molecule is CCOC(=O)Cc1csc(NC(=O)c2cc3nccc(-c4cnn(C)c4C)n3n2)n1. The fourth-order valence-electron chi connectivity index (χ4n) is 2.93. The number of thiazole rings is 1. The first kappa shape index (κ1) is 19.7. The Morgan fingerprint density at radius 1 is 1.33 bits per heavy atom. The molecular weight excluding hydrogens is 406 g/mol. The molecule has 0 fully saturated rings. The van der Waals surface area contributed by atoms with Crippen LogP contribution in [0.5, 0.6) is 0 Å². The highest BCUT2D eigenvalue weighted by molar-refractivity contribution is 7.14. The largest absolute Gasteiger partial charge is 0.466 e. The van der Waals surface area contributed by atoms with Crippen LogP contribution in [0.2, 0.25) is 0 Å². The molecule has 4 aromatic heterocycles. The van der Waals surface area contributed by atoms with Crippen LogP contribution in [0.15, 0.2) is 29.9 Å². The van der Waals surface area contributed by atoms with E-state index in [4.69, 9.17) is 4.74 Å². The Labute approximate surface area is 175 Å². The van der Waals surface area contributed by atoms with Gasteiger partial charge in [0.25, 0.3) is 5.91 Å². The van der Waals surface area contributed by atoms with E-state index in [1.165, 1.54) is 11.3 Å². The maximum absolute atomic E-state index is 12.7. The van der Waals surface area contributed by atoms with E-state index in [-0.39, 0.29) is 18.1 Å². The molecule has 10 nitrogen and oxygen atoms in total. The number of fused-ring (bicyclic) bond motifs is 1. The van der Waals surface area contributed by atoms with Crippen LogP contribution in [-0.4, -0.2) is 47.8 Å². The number of hydrogen-bond donors (Lipinski definition) is 1. The summed E-state index contributed by atoms with van der Waals surface area (Å²) in [5.74, 6) is -0.767. The van der Waals surface area contributed by atoms with Crippen molar-refractivity contribution in [2.45, 2.75) is 20.3 Å². The standard InChI is InChI=1S/C19H19N7O3S/c1-4-29-17(27)7-12-10-30-19(22-12)23-18(28)14-8-16-20-6-5-15(26(16)24-14)13-9-21-25(3)11(13)2/h5-6,8-10H,4,7H2,1-3H3,(H,22,23,28). The highest BCUT2D eigenvalue weighted by atomic mass is 32.1. The number of hydrogen-bond acceptors (Lipinski definition) is 8. The normalized spacial score (nSPS) is 11.0. The van der Waals surface area contributed by atoms with Gasteiger partial charge in [0.15, 0.2) is 16.5 Å². The summed E-state index contributed by atoms with van der Waals surface area (Å²) in [7, 11) is 1.86. The van der Waals surface area contributed by atoms with Gasteiger partial charge in [0.05, 0.1) is 30.6 Å². The Morgan fingerprint density at radius 2 is 2.17 bits per heavy atom. The van der Waals surface area contributed by atoms with Crippen LogP contribution >= 0.6 is 11.3 Å². The first-order valence-corrected chi connectivity index (χ1v) is 10.1. The predicted molar refractivity (Wildman–Crippen MR) is 110 cm³/mol. The van der Waals surface area contributed by atoms with E-state index in [1.54, 1.807) is 40.0 Å². The molecule has 0 spiro atoms. The van der Waals surface area contributed by atoms with Gasteiger partial charge in [-0.2, -0.15) is 10.2 Å². The zero-order valence-electron chi connectivity index (χ0n) is 16.6. The Kier molecular flexibility index (Phi) is 5.27. The molecule has 4 rings (SSSR count). The molecule has 4 heterocycles. The second-order valence-corrected chi connectivity index (χ2v) is 7.33. The van der Waals surface area contributed by atoms with Gasteiger partial charge in [-0.1, -0.05) is 0 Å². The lowest BCUT2D eigenvalue weighted by Gasteiger charge is -2.03. The molecule has 11 heteroatoms. The maximum Gasteiger partial charge on any atom is 0.311 e. The smallest absolute Gasteiger partial charge is 0.311 e. The third-order valence-corrected chi connectivity index (χ3v) is 5.31. The van der Waals surface area contributed by atoms with Crippen molar-refractivity contribution < 1.29 is 14.3 Å². The molecule has 154 valence electrons. The van der Waals surface area contributed by atoms with Gasteiger partial charge in [0.1, 0.15) is 0 Å². The van der Waals surface area contributed by atoms with Gasteiger partial charge in [0.2, 0.25) is 0 Å². The molecule has 0 radical (unpaired) electrons. The number of carbonyl (C=O) groups excluding carboxylic acids is 2. The molecular formula is C19H19N7O3S. The predicted octanol–water partition coefficient (Wildman–Crippen LogP) is 2.25. The van der Waals surface area contributed by atoms with Crippen molar-refractivity contribution in [1.82, 2.24) is 29.4 Å². The summed E-state index contributed by atoms with van der Waals surface area (Å²) in [4.78, 5) is 32.8. The van der Waals surface area contributed by atoms with Crippen LogP contribution in [0, 0.1) is 6.92 Å². The number of aromatic nitrogens is 6.